The second-order valence-corrected chi connectivity index (χ2v) is 10.4. The van der Waals surface area contributed by atoms with E-state index < -0.39 is 5.97 Å². The smallest absolute Gasteiger partial charge is 0.303 e. The predicted molar refractivity (Wildman–Crippen MR) is 135 cm³/mol. The first-order valence-electron chi connectivity index (χ1n) is 12.2. The van der Waals surface area contributed by atoms with E-state index >= 15 is 0 Å². The Bertz CT molecular complexity index is 1270. The summed E-state index contributed by atoms with van der Waals surface area (Å²) in [6.45, 7) is 3.26. The van der Waals surface area contributed by atoms with Crippen molar-refractivity contribution in [2.24, 2.45) is 13.0 Å². The third kappa shape index (κ3) is 4.46. The molecule has 1 N–H and O–H groups in total. The number of fused-ring (bicyclic) bond motifs is 1. The van der Waals surface area contributed by atoms with Gasteiger partial charge in [-0.3, -0.25) is 9.59 Å². The summed E-state index contributed by atoms with van der Waals surface area (Å²) in [4.78, 5) is 26.3. The van der Waals surface area contributed by atoms with E-state index in [1.165, 1.54) is 40.6 Å². The van der Waals surface area contributed by atoms with Gasteiger partial charge in [-0.2, -0.15) is 0 Å². The highest BCUT2D eigenvalue weighted by Gasteiger charge is 2.31. The van der Waals surface area contributed by atoms with Gasteiger partial charge in [0, 0.05) is 44.2 Å². The van der Waals surface area contributed by atoms with Gasteiger partial charge < -0.3 is 14.6 Å². The summed E-state index contributed by atoms with van der Waals surface area (Å²) < 4.78 is 2.23. The maximum absolute atomic E-state index is 13.4. The highest BCUT2D eigenvalue weighted by atomic mass is 35.5. The van der Waals surface area contributed by atoms with Gasteiger partial charge >= 0.3 is 5.97 Å². The molecule has 0 bridgehead atoms. The van der Waals surface area contributed by atoms with Crippen LogP contribution in [0.15, 0.2) is 36.4 Å². The minimum atomic E-state index is -0.767. The molecule has 0 radical (unpaired) electrons. The Morgan fingerprint density at radius 1 is 1.06 bits per heavy atom. The van der Waals surface area contributed by atoms with Crippen molar-refractivity contribution in [3.8, 4) is 0 Å². The Morgan fingerprint density at radius 2 is 1.79 bits per heavy atom. The molecule has 5 nitrogen and oxygen atoms in total. The average molecular weight is 479 g/mol. The van der Waals surface area contributed by atoms with Gasteiger partial charge in [0.15, 0.2) is 0 Å². The van der Waals surface area contributed by atoms with Gasteiger partial charge in [-0.1, -0.05) is 29.8 Å². The van der Waals surface area contributed by atoms with Crippen molar-refractivity contribution < 1.29 is 14.7 Å². The normalized spacial score (nSPS) is 16.9. The minimum Gasteiger partial charge on any atom is -0.481 e. The Hall–Kier alpha value is -2.79. The number of amides is 1. The summed E-state index contributed by atoms with van der Waals surface area (Å²) in [5, 5.41) is 10.8. The van der Waals surface area contributed by atoms with Crippen molar-refractivity contribution in [3.63, 3.8) is 0 Å². The summed E-state index contributed by atoms with van der Waals surface area (Å²) >= 11 is 6.99. The topological polar surface area (TPSA) is 62.5 Å². The summed E-state index contributed by atoms with van der Waals surface area (Å²) in [6, 6.07) is 12.7. The van der Waals surface area contributed by atoms with Gasteiger partial charge in [0.2, 0.25) is 0 Å². The number of benzene rings is 2. The van der Waals surface area contributed by atoms with Crippen LogP contribution in [0.3, 0.4) is 0 Å². The van der Waals surface area contributed by atoms with Crippen molar-refractivity contribution in [2.45, 2.75) is 51.4 Å². The first kappa shape index (κ1) is 23.0. The maximum Gasteiger partial charge on any atom is 0.303 e. The van der Waals surface area contributed by atoms with Crippen molar-refractivity contribution in [1.82, 2.24) is 9.47 Å². The molecule has 6 heteroatoms. The van der Waals surface area contributed by atoms with E-state index in [4.69, 9.17) is 16.7 Å². The van der Waals surface area contributed by atoms with E-state index in [1.807, 2.05) is 11.0 Å². The number of likely N-dealkylation sites (tertiary alicyclic amines) is 1. The quantitative estimate of drug-likeness (QED) is 0.477. The van der Waals surface area contributed by atoms with E-state index in [0.29, 0.717) is 36.0 Å². The second kappa shape index (κ2) is 9.10. The first-order chi connectivity index (χ1) is 16.3. The number of hydrogen-bond donors (Lipinski definition) is 1. The summed E-state index contributed by atoms with van der Waals surface area (Å²) in [6.07, 6.45) is 4.64. The number of aryl methyl sites for hydroxylation is 2. The molecule has 1 aliphatic carbocycles. The maximum atomic E-state index is 13.4. The molecule has 3 aromatic rings. The molecule has 1 saturated heterocycles. The number of halogens is 1. The number of carbonyl (C=O) groups is 2. The lowest BCUT2D eigenvalue weighted by Crippen LogP contribution is -2.39. The summed E-state index contributed by atoms with van der Waals surface area (Å²) in [5.74, 6) is -0.146. The fraction of sp³-hybridized carbons (Fsp3) is 0.429. The Morgan fingerprint density at radius 3 is 2.47 bits per heavy atom. The number of carbonyl (C=O) groups excluding carboxylic acids is 1. The average Bonchev–Trinajstić information content (AvgIpc) is 3.60. The van der Waals surface area contributed by atoms with E-state index in [0.717, 1.165) is 18.4 Å². The van der Waals surface area contributed by atoms with Crippen LogP contribution in [0.1, 0.15) is 70.8 Å². The highest BCUT2D eigenvalue weighted by molar-refractivity contribution is 6.34. The number of aliphatic carboxylic acids is 1. The van der Waals surface area contributed by atoms with Crippen LogP contribution in [0, 0.1) is 12.8 Å². The number of carboxylic acids is 1. The molecule has 1 saturated carbocycles. The first-order valence-corrected chi connectivity index (χ1v) is 12.6. The third-order valence-corrected chi connectivity index (χ3v) is 7.98. The van der Waals surface area contributed by atoms with Gasteiger partial charge in [0.05, 0.1) is 10.6 Å². The lowest BCUT2D eigenvalue weighted by molar-refractivity contribution is -0.138. The van der Waals surface area contributed by atoms with Crippen LogP contribution >= 0.6 is 11.6 Å². The molecular formula is C28H31ClN2O3. The zero-order valence-corrected chi connectivity index (χ0v) is 20.6. The van der Waals surface area contributed by atoms with Crippen LogP contribution in [-0.4, -0.2) is 39.5 Å². The number of hydrogen-bond acceptors (Lipinski definition) is 2. The predicted octanol–water partition coefficient (Wildman–Crippen LogP) is 5.94. The molecular weight excluding hydrogens is 448 g/mol. The SMILES string of the molecule is Cc1ccc2cc(Cc3c(C4CC4)ccc(C(=O)N4CCC(CC(=O)O)CC4)c3Cl)n(C)c2c1. The fourth-order valence-corrected chi connectivity index (χ4v) is 5.68. The number of carboxylic acid groups (broad SMARTS) is 1. The number of nitrogens with zero attached hydrogens (tertiary/aromatic N) is 2. The molecule has 0 spiro atoms. The van der Waals surface area contributed by atoms with E-state index in [-0.39, 0.29) is 18.2 Å². The third-order valence-electron chi connectivity index (χ3n) is 7.55. The molecule has 2 heterocycles. The van der Waals surface area contributed by atoms with Crippen LogP contribution in [0.4, 0.5) is 0 Å². The largest absolute Gasteiger partial charge is 0.481 e. The van der Waals surface area contributed by atoms with Crippen LogP contribution in [-0.2, 0) is 18.3 Å². The van der Waals surface area contributed by atoms with Gasteiger partial charge in [0.1, 0.15) is 0 Å². The van der Waals surface area contributed by atoms with Crippen LogP contribution in [0.2, 0.25) is 5.02 Å². The van der Waals surface area contributed by atoms with Crippen molar-refractivity contribution in [3.05, 3.63) is 69.4 Å². The molecule has 1 amide bonds. The molecule has 0 atom stereocenters. The minimum absolute atomic E-state index is 0.0463. The van der Waals surface area contributed by atoms with E-state index in [9.17, 15) is 9.59 Å². The number of aromatic nitrogens is 1. The molecule has 5 rings (SSSR count). The van der Waals surface area contributed by atoms with Gasteiger partial charge in [-0.25, -0.2) is 0 Å². The Kier molecular flexibility index (Phi) is 6.15. The molecule has 1 aliphatic heterocycles. The zero-order valence-electron chi connectivity index (χ0n) is 19.8. The zero-order chi connectivity index (χ0) is 24.0. The number of rotatable bonds is 6. The molecule has 0 unspecified atom stereocenters. The molecule has 34 heavy (non-hydrogen) atoms. The Labute approximate surface area is 205 Å². The number of piperidine rings is 1. The summed E-state index contributed by atoms with van der Waals surface area (Å²) in [5.41, 5.74) is 6.52. The lowest BCUT2D eigenvalue weighted by atomic mass is 9.92. The van der Waals surface area contributed by atoms with E-state index in [2.05, 4.69) is 48.9 Å². The van der Waals surface area contributed by atoms with Crippen molar-refractivity contribution in [2.75, 3.05) is 13.1 Å². The van der Waals surface area contributed by atoms with Crippen molar-refractivity contribution >= 4 is 34.4 Å². The molecule has 178 valence electrons. The molecule has 2 aromatic carbocycles. The molecule has 2 fully saturated rings. The van der Waals surface area contributed by atoms with E-state index in [1.54, 1.807) is 0 Å². The summed E-state index contributed by atoms with van der Waals surface area (Å²) in [7, 11) is 2.10. The monoisotopic (exact) mass is 478 g/mol. The lowest BCUT2D eigenvalue weighted by Gasteiger charge is -2.32. The van der Waals surface area contributed by atoms with Gasteiger partial charge in [0.25, 0.3) is 5.91 Å². The second-order valence-electron chi connectivity index (χ2n) is 10.0. The van der Waals surface area contributed by atoms with Crippen LogP contribution in [0.5, 0.6) is 0 Å². The van der Waals surface area contributed by atoms with Gasteiger partial charge in [-0.15, -0.1) is 0 Å². The standard InChI is InChI=1S/C28H31ClN2O3/c1-17-3-4-20-15-21(30(2)25(20)13-17)16-24-22(19-5-6-19)7-8-23(27(24)29)28(34)31-11-9-18(10-12-31)14-26(32)33/h3-4,7-8,13,15,18-19H,5-6,9-12,14,16H2,1-2H3,(H,32,33). The highest BCUT2D eigenvalue weighted by Crippen LogP contribution is 2.45. The van der Waals surface area contributed by atoms with Gasteiger partial charge in [-0.05, 0) is 84.7 Å². The fourth-order valence-electron chi connectivity index (χ4n) is 5.36. The molecule has 1 aromatic heterocycles. The molecule has 2 aliphatic rings. The van der Waals surface area contributed by atoms with Crippen LogP contribution < -0.4 is 0 Å². The van der Waals surface area contributed by atoms with Crippen molar-refractivity contribution in [1.29, 1.82) is 0 Å². The van der Waals surface area contributed by atoms with Crippen LogP contribution in [0.25, 0.3) is 10.9 Å². The Balaban J connectivity index is 1.44.